The van der Waals surface area contributed by atoms with Gasteiger partial charge in [-0.15, -0.1) is 0 Å². The summed E-state index contributed by atoms with van der Waals surface area (Å²) in [6, 6.07) is 16.7. The number of hydrogen-bond acceptors (Lipinski definition) is 5. The molecule has 32 heavy (non-hydrogen) atoms. The van der Waals surface area contributed by atoms with Crippen molar-refractivity contribution in [1.82, 2.24) is 15.5 Å². The summed E-state index contributed by atoms with van der Waals surface area (Å²) >= 11 is 0. The predicted octanol–water partition coefficient (Wildman–Crippen LogP) is 3.00. The van der Waals surface area contributed by atoms with E-state index >= 15 is 0 Å². The summed E-state index contributed by atoms with van der Waals surface area (Å²) in [7, 11) is 1.68. The van der Waals surface area contributed by atoms with Crippen LogP contribution in [0.1, 0.15) is 24.0 Å². The fraction of sp³-hybridized carbons (Fsp3) is 0.480. The zero-order valence-electron chi connectivity index (χ0n) is 18.9. The molecular weight excluding hydrogens is 404 g/mol. The van der Waals surface area contributed by atoms with Gasteiger partial charge in [0.2, 0.25) is 0 Å². The van der Waals surface area contributed by atoms with Crippen molar-refractivity contribution in [1.29, 1.82) is 0 Å². The van der Waals surface area contributed by atoms with Gasteiger partial charge in [-0.2, -0.15) is 0 Å². The third-order valence-electron chi connectivity index (χ3n) is 6.22. The number of piperidine rings is 1. The van der Waals surface area contributed by atoms with E-state index < -0.39 is 0 Å². The number of rotatable bonds is 7. The van der Waals surface area contributed by atoms with E-state index in [1.165, 1.54) is 11.3 Å². The van der Waals surface area contributed by atoms with E-state index in [9.17, 15) is 4.79 Å². The molecule has 2 amide bonds. The number of urea groups is 1. The molecule has 0 unspecified atom stereocenters. The highest BCUT2D eigenvalue weighted by Crippen LogP contribution is 2.22. The van der Waals surface area contributed by atoms with Crippen molar-refractivity contribution >= 4 is 11.7 Å². The number of carbonyl (C=O) groups is 1. The Morgan fingerprint density at radius 3 is 2.47 bits per heavy atom. The van der Waals surface area contributed by atoms with Crippen LogP contribution < -0.4 is 20.3 Å². The number of anilines is 1. The van der Waals surface area contributed by atoms with Gasteiger partial charge in [-0.1, -0.05) is 24.3 Å². The van der Waals surface area contributed by atoms with E-state index in [1.54, 1.807) is 7.11 Å². The number of methoxy groups -OCH3 is 1. The molecule has 4 rings (SSSR count). The molecule has 172 valence electrons. The van der Waals surface area contributed by atoms with Gasteiger partial charge in [0.15, 0.2) is 0 Å². The van der Waals surface area contributed by atoms with Gasteiger partial charge >= 0.3 is 6.03 Å². The van der Waals surface area contributed by atoms with Crippen molar-refractivity contribution in [3.8, 4) is 5.75 Å². The standard InChI is InChI=1S/C25H34N4O3/c1-31-24-7-5-23(6-8-24)29-11-9-22(10-12-29)27-25(30)26-18-20-3-2-4-21(17-20)19-28-13-15-32-16-14-28/h2-8,17,22H,9-16,18-19H2,1H3,(H2,26,27,30). The third kappa shape index (κ3) is 6.37. The van der Waals surface area contributed by atoms with Crippen LogP contribution in [0.15, 0.2) is 48.5 Å². The largest absolute Gasteiger partial charge is 0.497 e. The number of ether oxygens (including phenoxy) is 2. The number of nitrogens with one attached hydrogen (secondary N) is 2. The Labute approximate surface area is 190 Å². The summed E-state index contributed by atoms with van der Waals surface area (Å²) in [6.45, 7) is 6.89. The molecule has 2 heterocycles. The molecule has 0 aromatic heterocycles. The van der Waals surface area contributed by atoms with Crippen LogP contribution in [0.25, 0.3) is 0 Å². The lowest BCUT2D eigenvalue weighted by Crippen LogP contribution is -2.47. The average Bonchev–Trinajstić information content (AvgIpc) is 2.84. The Balaban J connectivity index is 1.19. The van der Waals surface area contributed by atoms with E-state index in [-0.39, 0.29) is 12.1 Å². The maximum atomic E-state index is 12.4. The quantitative estimate of drug-likeness (QED) is 0.696. The first-order chi connectivity index (χ1) is 15.7. The van der Waals surface area contributed by atoms with Gasteiger partial charge in [-0.25, -0.2) is 4.79 Å². The highest BCUT2D eigenvalue weighted by Gasteiger charge is 2.21. The fourth-order valence-electron chi connectivity index (χ4n) is 4.35. The number of nitrogens with zero attached hydrogens (tertiary/aromatic N) is 2. The summed E-state index contributed by atoms with van der Waals surface area (Å²) in [5, 5.41) is 6.16. The van der Waals surface area contributed by atoms with Gasteiger partial charge in [0.25, 0.3) is 0 Å². The molecule has 0 saturated carbocycles. The van der Waals surface area contributed by atoms with Crippen molar-refractivity contribution in [2.75, 3.05) is 51.4 Å². The molecule has 7 nitrogen and oxygen atoms in total. The molecular formula is C25H34N4O3. The van der Waals surface area contributed by atoms with Gasteiger partial charge in [0.1, 0.15) is 5.75 Å². The number of amides is 2. The second kappa shape index (κ2) is 11.2. The van der Waals surface area contributed by atoms with Gasteiger partial charge < -0.3 is 25.0 Å². The topological polar surface area (TPSA) is 66.1 Å². The first-order valence-corrected chi connectivity index (χ1v) is 11.5. The van der Waals surface area contributed by atoms with E-state index in [1.807, 2.05) is 12.1 Å². The minimum atomic E-state index is -0.0912. The Hall–Kier alpha value is -2.77. The molecule has 2 aromatic carbocycles. The van der Waals surface area contributed by atoms with Crippen LogP contribution in [-0.2, 0) is 17.8 Å². The number of benzene rings is 2. The third-order valence-corrected chi connectivity index (χ3v) is 6.22. The molecule has 2 fully saturated rings. The van der Waals surface area contributed by atoms with Crippen molar-refractivity contribution in [2.24, 2.45) is 0 Å². The lowest BCUT2D eigenvalue weighted by Gasteiger charge is -2.34. The molecule has 0 spiro atoms. The van der Waals surface area contributed by atoms with E-state index in [0.29, 0.717) is 6.54 Å². The van der Waals surface area contributed by atoms with Crippen molar-refractivity contribution in [3.05, 3.63) is 59.7 Å². The molecule has 0 aliphatic carbocycles. The lowest BCUT2D eigenvalue weighted by molar-refractivity contribution is 0.0342. The first kappa shape index (κ1) is 22.4. The summed E-state index contributed by atoms with van der Waals surface area (Å²) in [5.74, 6) is 0.869. The number of morpholine rings is 1. The van der Waals surface area contributed by atoms with Crippen molar-refractivity contribution < 1.29 is 14.3 Å². The van der Waals surface area contributed by atoms with Gasteiger partial charge in [-0.05, 0) is 48.2 Å². The van der Waals surface area contributed by atoms with Crippen LogP contribution in [0.5, 0.6) is 5.75 Å². The Morgan fingerprint density at radius 2 is 1.75 bits per heavy atom. The molecule has 2 aromatic rings. The normalized spacial score (nSPS) is 17.7. The lowest BCUT2D eigenvalue weighted by atomic mass is 10.0. The second-order valence-corrected chi connectivity index (χ2v) is 8.49. The molecule has 7 heteroatoms. The maximum Gasteiger partial charge on any atom is 0.315 e. The monoisotopic (exact) mass is 438 g/mol. The molecule has 2 aliphatic heterocycles. The highest BCUT2D eigenvalue weighted by atomic mass is 16.5. The predicted molar refractivity (Wildman–Crippen MR) is 126 cm³/mol. The van der Waals surface area contributed by atoms with Gasteiger partial charge in [-0.3, -0.25) is 4.90 Å². The van der Waals surface area contributed by atoms with E-state index in [4.69, 9.17) is 9.47 Å². The fourth-order valence-corrected chi connectivity index (χ4v) is 4.35. The minimum absolute atomic E-state index is 0.0912. The van der Waals surface area contributed by atoms with E-state index in [0.717, 1.165) is 70.1 Å². The summed E-state index contributed by atoms with van der Waals surface area (Å²) in [6.07, 6.45) is 1.88. The second-order valence-electron chi connectivity index (χ2n) is 8.49. The van der Waals surface area contributed by atoms with Gasteiger partial charge in [0.05, 0.1) is 20.3 Å². The minimum Gasteiger partial charge on any atom is -0.497 e. The Morgan fingerprint density at radius 1 is 1.03 bits per heavy atom. The Bertz CT molecular complexity index is 860. The summed E-state index contributed by atoms with van der Waals surface area (Å²) in [5.41, 5.74) is 3.60. The van der Waals surface area contributed by atoms with Crippen molar-refractivity contribution in [2.45, 2.75) is 32.0 Å². The van der Waals surface area contributed by atoms with Crippen LogP contribution in [0.3, 0.4) is 0 Å². The first-order valence-electron chi connectivity index (χ1n) is 11.5. The zero-order valence-corrected chi connectivity index (χ0v) is 18.9. The SMILES string of the molecule is COc1ccc(N2CCC(NC(=O)NCc3cccc(CN4CCOCC4)c3)CC2)cc1. The smallest absolute Gasteiger partial charge is 0.315 e. The summed E-state index contributed by atoms with van der Waals surface area (Å²) in [4.78, 5) is 17.2. The number of hydrogen-bond donors (Lipinski definition) is 2. The molecule has 0 atom stereocenters. The molecule has 0 radical (unpaired) electrons. The van der Waals surface area contributed by atoms with Crippen LogP contribution in [0.2, 0.25) is 0 Å². The van der Waals surface area contributed by atoms with Crippen molar-refractivity contribution in [3.63, 3.8) is 0 Å². The van der Waals surface area contributed by atoms with Crippen LogP contribution >= 0.6 is 0 Å². The Kier molecular flexibility index (Phi) is 7.85. The van der Waals surface area contributed by atoms with Crippen LogP contribution in [0, 0.1) is 0 Å². The average molecular weight is 439 g/mol. The van der Waals surface area contributed by atoms with Crippen LogP contribution in [-0.4, -0.2) is 63.5 Å². The van der Waals surface area contributed by atoms with Crippen LogP contribution in [0.4, 0.5) is 10.5 Å². The number of carbonyl (C=O) groups excluding carboxylic acids is 1. The van der Waals surface area contributed by atoms with E-state index in [2.05, 4.69) is 56.8 Å². The zero-order chi connectivity index (χ0) is 22.2. The molecule has 2 aliphatic rings. The molecule has 2 N–H and O–H groups in total. The van der Waals surface area contributed by atoms with Gasteiger partial charge in [0, 0.05) is 51.0 Å². The maximum absolute atomic E-state index is 12.4. The highest BCUT2D eigenvalue weighted by molar-refractivity contribution is 5.74. The molecule has 0 bridgehead atoms. The summed E-state index contributed by atoms with van der Waals surface area (Å²) < 4.78 is 10.7. The molecule has 2 saturated heterocycles.